The van der Waals surface area contributed by atoms with E-state index in [0.29, 0.717) is 6.61 Å². The van der Waals surface area contributed by atoms with E-state index in [1.54, 1.807) is 6.92 Å². The zero-order chi connectivity index (χ0) is 12.1. The van der Waals surface area contributed by atoms with Crippen molar-refractivity contribution in [2.75, 3.05) is 6.61 Å². The SMILES string of the molecule is CCOC(=O)C[C@@H](N)c1cc(Br)ccc1Br. The Morgan fingerprint density at radius 2 is 2.19 bits per heavy atom. The molecule has 16 heavy (non-hydrogen) atoms. The Bertz CT molecular complexity index is 382. The van der Waals surface area contributed by atoms with Gasteiger partial charge in [-0.3, -0.25) is 4.79 Å². The summed E-state index contributed by atoms with van der Waals surface area (Å²) in [5.41, 5.74) is 6.84. The Balaban J connectivity index is 2.76. The number of halogens is 2. The molecule has 0 saturated carbocycles. The van der Waals surface area contributed by atoms with E-state index in [1.807, 2.05) is 18.2 Å². The van der Waals surface area contributed by atoms with Crippen molar-refractivity contribution in [3.05, 3.63) is 32.7 Å². The molecule has 0 heterocycles. The maximum atomic E-state index is 11.3. The third kappa shape index (κ3) is 3.88. The molecule has 0 aliphatic rings. The van der Waals surface area contributed by atoms with Crippen molar-refractivity contribution in [1.82, 2.24) is 0 Å². The second kappa shape index (κ2) is 6.37. The molecule has 0 aliphatic carbocycles. The molecular formula is C11H13Br2NO2. The first kappa shape index (κ1) is 13.7. The van der Waals surface area contributed by atoms with Gasteiger partial charge in [-0.1, -0.05) is 31.9 Å². The summed E-state index contributed by atoms with van der Waals surface area (Å²) in [7, 11) is 0. The number of benzene rings is 1. The van der Waals surface area contributed by atoms with Crippen LogP contribution in [0.1, 0.15) is 24.9 Å². The molecule has 2 N–H and O–H groups in total. The molecule has 88 valence electrons. The van der Waals surface area contributed by atoms with E-state index in [-0.39, 0.29) is 18.4 Å². The number of esters is 1. The molecule has 0 saturated heterocycles. The van der Waals surface area contributed by atoms with Gasteiger partial charge < -0.3 is 10.5 Å². The molecule has 1 rings (SSSR count). The minimum atomic E-state index is -0.356. The number of hydrogen-bond donors (Lipinski definition) is 1. The molecule has 0 spiro atoms. The summed E-state index contributed by atoms with van der Waals surface area (Å²) >= 11 is 6.78. The van der Waals surface area contributed by atoms with Gasteiger partial charge in [-0.05, 0) is 30.7 Å². The largest absolute Gasteiger partial charge is 0.466 e. The summed E-state index contributed by atoms with van der Waals surface area (Å²) in [6.45, 7) is 2.16. The average Bonchev–Trinajstić information content (AvgIpc) is 2.21. The fourth-order valence-electron chi connectivity index (χ4n) is 1.31. The van der Waals surface area contributed by atoms with E-state index in [0.717, 1.165) is 14.5 Å². The van der Waals surface area contributed by atoms with Crippen molar-refractivity contribution in [2.24, 2.45) is 5.73 Å². The van der Waals surface area contributed by atoms with Gasteiger partial charge in [-0.15, -0.1) is 0 Å². The van der Waals surface area contributed by atoms with Crippen LogP contribution in [0.25, 0.3) is 0 Å². The summed E-state index contributed by atoms with van der Waals surface area (Å²) in [5.74, 6) is -0.276. The normalized spacial score (nSPS) is 12.2. The molecule has 1 atom stereocenters. The van der Waals surface area contributed by atoms with Crippen molar-refractivity contribution < 1.29 is 9.53 Å². The standard InChI is InChI=1S/C11H13Br2NO2/c1-2-16-11(15)6-10(14)8-5-7(12)3-4-9(8)13/h3-5,10H,2,6,14H2,1H3/t10-/m1/s1. The van der Waals surface area contributed by atoms with Gasteiger partial charge in [0.15, 0.2) is 0 Å². The van der Waals surface area contributed by atoms with Gasteiger partial charge in [0.05, 0.1) is 13.0 Å². The molecule has 0 bridgehead atoms. The van der Waals surface area contributed by atoms with Gasteiger partial charge in [0.25, 0.3) is 0 Å². The van der Waals surface area contributed by atoms with Crippen LogP contribution in [0.2, 0.25) is 0 Å². The second-order valence-electron chi connectivity index (χ2n) is 3.28. The Labute approximate surface area is 112 Å². The number of hydrogen-bond acceptors (Lipinski definition) is 3. The summed E-state index contributed by atoms with van der Waals surface area (Å²) in [6, 6.07) is 5.34. The molecule has 0 amide bonds. The van der Waals surface area contributed by atoms with Crippen LogP contribution in [0.5, 0.6) is 0 Å². The number of carbonyl (C=O) groups is 1. The van der Waals surface area contributed by atoms with Gasteiger partial charge in [-0.2, -0.15) is 0 Å². The third-order valence-corrected chi connectivity index (χ3v) is 3.26. The zero-order valence-electron chi connectivity index (χ0n) is 8.87. The molecule has 3 nitrogen and oxygen atoms in total. The van der Waals surface area contributed by atoms with Crippen LogP contribution < -0.4 is 5.73 Å². The minimum Gasteiger partial charge on any atom is -0.466 e. The van der Waals surface area contributed by atoms with E-state index >= 15 is 0 Å². The first-order valence-corrected chi connectivity index (χ1v) is 6.49. The fraction of sp³-hybridized carbons (Fsp3) is 0.364. The molecule has 0 unspecified atom stereocenters. The van der Waals surface area contributed by atoms with E-state index in [9.17, 15) is 4.79 Å². The van der Waals surface area contributed by atoms with Crippen molar-refractivity contribution in [2.45, 2.75) is 19.4 Å². The molecule has 0 aromatic heterocycles. The van der Waals surface area contributed by atoms with Crippen LogP contribution in [0, 0.1) is 0 Å². The molecular weight excluding hydrogens is 338 g/mol. The monoisotopic (exact) mass is 349 g/mol. The van der Waals surface area contributed by atoms with Gasteiger partial charge in [0, 0.05) is 15.0 Å². The molecule has 1 aromatic carbocycles. The van der Waals surface area contributed by atoms with Crippen LogP contribution in [0.4, 0.5) is 0 Å². The third-order valence-electron chi connectivity index (χ3n) is 2.05. The second-order valence-corrected chi connectivity index (χ2v) is 5.05. The Kier molecular flexibility index (Phi) is 5.44. The molecule has 0 fully saturated rings. The Hall–Kier alpha value is -0.390. The highest BCUT2D eigenvalue weighted by atomic mass is 79.9. The van der Waals surface area contributed by atoms with Crippen LogP contribution >= 0.6 is 31.9 Å². The Morgan fingerprint density at radius 3 is 2.81 bits per heavy atom. The van der Waals surface area contributed by atoms with Crippen LogP contribution in [0.3, 0.4) is 0 Å². The predicted octanol–water partition coefficient (Wildman–Crippen LogP) is 3.16. The van der Waals surface area contributed by atoms with Gasteiger partial charge in [0.1, 0.15) is 0 Å². The zero-order valence-corrected chi connectivity index (χ0v) is 12.0. The van der Waals surface area contributed by atoms with Crippen LogP contribution in [-0.2, 0) is 9.53 Å². The number of carbonyl (C=O) groups excluding carboxylic acids is 1. The molecule has 5 heteroatoms. The highest BCUT2D eigenvalue weighted by Crippen LogP contribution is 2.27. The minimum absolute atomic E-state index is 0.183. The molecule has 0 radical (unpaired) electrons. The van der Waals surface area contributed by atoms with E-state index in [2.05, 4.69) is 31.9 Å². The Morgan fingerprint density at radius 1 is 1.50 bits per heavy atom. The van der Waals surface area contributed by atoms with Gasteiger partial charge in [0.2, 0.25) is 0 Å². The summed E-state index contributed by atoms with van der Waals surface area (Å²) in [6.07, 6.45) is 0.183. The van der Waals surface area contributed by atoms with Gasteiger partial charge in [-0.25, -0.2) is 0 Å². The molecule has 0 aliphatic heterocycles. The van der Waals surface area contributed by atoms with Crippen LogP contribution in [-0.4, -0.2) is 12.6 Å². The fourth-order valence-corrected chi connectivity index (χ4v) is 2.23. The quantitative estimate of drug-likeness (QED) is 0.848. The highest BCUT2D eigenvalue weighted by molar-refractivity contribution is 9.11. The average molecular weight is 351 g/mol. The van der Waals surface area contributed by atoms with E-state index in [1.165, 1.54) is 0 Å². The van der Waals surface area contributed by atoms with Crippen molar-refractivity contribution >= 4 is 37.8 Å². The number of ether oxygens (including phenoxy) is 1. The maximum Gasteiger partial charge on any atom is 0.307 e. The predicted molar refractivity (Wildman–Crippen MR) is 70.0 cm³/mol. The number of nitrogens with two attached hydrogens (primary N) is 1. The van der Waals surface area contributed by atoms with Crippen molar-refractivity contribution in [3.8, 4) is 0 Å². The summed E-state index contributed by atoms with van der Waals surface area (Å²) in [5, 5.41) is 0. The first-order chi connectivity index (χ1) is 7.54. The molecule has 1 aromatic rings. The number of rotatable bonds is 4. The topological polar surface area (TPSA) is 52.3 Å². The smallest absolute Gasteiger partial charge is 0.307 e. The lowest BCUT2D eigenvalue weighted by molar-refractivity contribution is -0.143. The van der Waals surface area contributed by atoms with E-state index in [4.69, 9.17) is 10.5 Å². The van der Waals surface area contributed by atoms with Gasteiger partial charge >= 0.3 is 5.97 Å². The van der Waals surface area contributed by atoms with Crippen LogP contribution in [0.15, 0.2) is 27.1 Å². The van der Waals surface area contributed by atoms with Crippen molar-refractivity contribution in [1.29, 1.82) is 0 Å². The van der Waals surface area contributed by atoms with Crippen molar-refractivity contribution in [3.63, 3.8) is 0 Å². The lowest BCUT2D eigenvalue weighted by Gasteiger charge is -2.13. The lowest BCUT2D eigenvalue weighted by atomic mass is 10.1. The maximum absolute atomic E-state index is 11.3. The first-order valence-electron chi connectivity index (χ1n) is 4.90. The lowest BCUT2D eigenvalue weighted by Crippen LogP contribution is -2.17. The summed E-state index contributed by atoms with van der Waals surface area (Å²) in [4.78, 5) is 11.3. The van der Waals surface area contributed by atoms with E-state index < -0.39 is 0 Å². The highest BCUT2D eigenvalue weighted by Gasteiger charge is 2.15. The summed E-state index contributed by atoms with van der Waals surface area (Å²) < 4.78 is 6.69.